The van der Waals surface area contributed by atoms with E-state index in [9.17, 15) is 4.79 Å². The molecule has 10 nitrogen and oxygen atoms in total. The molecule has 0 aromatic heterocycles. The van der Waals surface area contributed by atoms with Crippen LogP contribution in [-0.4, -0.2) is 63.7 Å². The second-order valence-electron chi connectivity index (χ2n) is 18.2. The van der Waals surface area contributed by atoms with Crippen LogP contribution in [0.1, 0.15) is 120 Å². The fourth-order valence-corrected chi connectivity index (χ4v) is 12.2. The summed E-state index contributed by atoms with van der Waals surface area (Å²) in [7, 11) is 0. The molecule has 0 unspecified atom stereocenters. The van der Waals surface area contributed by atoms with Crippen LogP contribution in [0.2, 0.25) is 0 Å². The van der Waals surface area contributed by atoms with Gasteiger partial charge >= 0.3 is 5.30 Å². The fraction of sp³-hybridized carbons (Fsp3) is 0.973. The van der Waals surface area contributed by atoms with E-state index in [0.717, 1.165) is 51.4 Å². The monoisotopic (exact) mass is 694 g/mol. The third-order valence-corrected chi connectivity index (χ3v) is 14.8. The van der Waals surface area contributed by atoms with Crippen LogP contribution in [0.4, 0.5) is 4.79 Å². The van der Waals surface area contributed by atoms with Crippen LogP contribution < -0.4 is 0 Å². The first-order valence-electron chi connectivity index (χ1n) is 18.9. The molecule has 11 heteroatoms. The van der Waals surface area contributed by atoms with Crippen LogP contribution in [0.15, 0.2) is 0 Å². The summed E-state index contributed by atoms with van der Waals surface area (Å²) in [6.45, 7) is 19.2. The Morgan fingerprint density at radius 1 is 0.729 bits per heavy atom. The van der Waals surface area contributed by atoms with Crippen molar-refractivity contribution in [1.29, 1.82) is 0 Å². The second kappa shape index (κ2) is 11.8. The van der Waals surface area contributed by atoms with Gasteiger partial charge in [0.25, 0.3) is 0 Å². The summed E-state index contributed by atoms with van der Waals surface area (Å²) < 4.78 is 33.7. The maximum absolute atomic E-state index is 13.6. The molecule has 0 aromatic rings. The molecule has 2 spiro atoms. The van der Waals surface area contributed by atoms with Gasteiger partial charge in [0.15, 0.2) is 23.8 Å². The molecule has 4 bridgehead atoms. The van der Waals surface area contributed by atoms with Crippen molar-refractivity contribution in [3.63, 3.8) is 0 Å². The predicted molar refractivity (Wildman–Crippen MR) is 176 cm³/mol. The van der Waals surface area contributed by atoms with Gasteiger partial charge in [0.2, 0.25) is 11.6 Å². The first kappa shape index (κ1) is 34.6. The minimum absolute atomic E-state index is 0.0225. The number of carbonyl (C=O) groups is 1. The lowest BCUT2D eigenvalue weighted by atomic mass is 9.56. The van der Waals surface area contributed by atoms with Crippen LogP contribution in [0.25, 0.3) is 0 Å². The van der Waals surface area contributed by atoms with Crippen LogP contribution in [-0.2, 0) is 43.2 Å². The van der Waals surface area contributed by atoms with Gasteiger partial charge in [0.1, 0.15) is 12.2 Å². The van der Waals surface area contributed by atoms with E-state index in [1.54, 1.807) is 0 Å². The molecule has 2 aliphatic carbocycles. The molecule has 0 N–H and O–H groups in total. The van der Waals surface area contributed by atoms with Crippen molar-refractivity contribution < 1.29 is 48.0 Å². The first-order valence-corrected chi connectivity index (χ1v) is 19.7. The van der Waals surface area contributed by atoms with E-state index in [1.165, 1.54) is 11.8 Å². The largest absolute Gasteiger partial charge is 0.451 e. The maximum Gasteiger partial charge on any atom is 0.368 e. The minimum atomic E-state index is -0.880. The smallest absolute Gasteiger partial charge is 0.368 e. The van der Waals surface area contributed by atoms with Gasteiger partial charge in [-0.1, -0.05) is 48.5 Å². The van der Waals surface area contributed by atoms with Gasteiger partial charge in [0.05, 0.1) is 6.10 Å². The zero-order valence-electron chi connectivity index (χ0n) is 30.4. The highest BCUT2D eigenvalue weighted by atomic mass is 32.2. The van der Waals surface area contributed by atoms with Gasteiger partial charge in [-0.15, -0.1) is 0 Å². The van der Waals surface area contributed by atoms with E-state index >= 15 is 0 Å². The Bertz CT molecular complexity index is 1260. The molecule has 2 saturated carbocycles. The molecule has 48 heavy (non-hydrogen) atoms. The summed E-state index contributed by atoms with van der Waals surface area (Å²) in [4.78, 5) is 38.6. The summed E-state index contributed by atoms with van der Waals surface area (Å²) >= 11 is 1.22. The second-order valence-corrected chi connectivity index (χ2v) is 19.9. The molecule has 0 radical (unpaired) electrons. The maximum atomic E-state index is 13.6. The normalized spacial score (nSPS) is 54.8. The zero-order valence-corrected chi connectivity index (χ0v) is 31.2. The Morgan fingerprint density at radius 2 is 1.25 bits per heavy atom. The van der Waals surface area contributed by atoms with Crippen LogP contribution in [0.5, 0.6) is 0 Å². The molecular weight excluding hydrogens is 636 g/mol. The van der Waals surface area contributed by atoms with Crippen molar-refractivity contribution >= 4 is 17.1 Å². The number of ether oxygens (including phenoxy) is 5. The van der Waals surface area contributed by atoms with E-state index in [0.29, 0.717) is 18.3 Å². The highest BCUT2D eigenvalue weighted by Crippen LogP contribution is 2.63. The number of hydrogen-bond donors (Lipinski definition) is 0. The molecule has 10 aliphatic rings. The lowest BCUT2D eigenvalue weighted by Gasteiger charge is -2.62. The van der Waals surface area contributed by atoms with Gasteiger partial charge in [-0.05, 0) is 99.6 Å². The molecule has 10 fully saturated rings. The lowest BCUT2D eigenvalue weighted by Crippen LogP contribution is -2.72. The average Bonchev–Trinajstić information content (AvgIpc) is 3.38. The molecule has 8 aliphatic heterocycles. The SMILES string of the molecule is C[C@H]1[C@@H]([C@H](C[C@H]2O[C@@H]3O[C@@]4(C)CC[C@H]5[C@H](C)CC[C@@H]([C@H]2C)[C@@]35OO4)OC(=O)SC(C)(C)C)O[C@@H]2O[C@@]3(C)CC[C@H]4[C@H](C)CC[C@@H]1[C@@]24OO3. The molecule has 10 rings (SSSR count). The Labute approximate surface area is 290 Å². The molecular formula is C37H58O10S. The summed E-state index contributed by atoms with van der Waals surface area (Å²) in [5.41, 5.74) is -1.33. The molecule has 272 valence electrons. The third-order valence-electron chi connectivity index (χ3n) is 14.0. The van der Waals surface area contributed by atoms with E-state index < -0.39 is 47.6 Å². The van der Waals surface area contributed by atoms with Crippen molar-refractivity contribution in [2.75, 3.05) is 0 Å². The molecule has 17 atom stereocenters. The number of rotatable bonds is 4. The van der Waals surface area contributed by atoms with Crippen molar-refractivity contribution in [2.45, 2.75) is 179 Å². The highest BCUT2D eigenvalue weighted by Gasteiger charge is 2.72. The highest BCUT2D eigenvalue weighted by molar-refractivity contribution is 8.14. The predicted octanol–water partition coefficient (Wildman–Crippen LogP) is 7.91. The zero-order chi connectivity index (χ0) is 34.0. The quantitative estimate of drug-likeness (QED) is 0.212. The first-order chi connectivity index (χ1) is 22.6. The number of carbonyl (C=O) groups excluding carboxylic acids is 1. The van der Waals surface area contributed by atoms with Gasteiger partial charge < -0.3 is 23.7 Å². The van der Waals surface area contributed by atoms with Crippen LogP contribution in [0.3, 0.4) is 0 Å². The van der Waals surface area contributed by atoms with Crippen LogP contribution >= 0.6 is 11.8 Å². The van der Waals surface area contributed by atoms with Crippen molar-refractivity contribution in [2.24, 2.45) is 47.3 Å². The van der Waals surface area contributed by atoms with Crippen molar-refractivity contribution in [3.05, 3.63) is 0 Å². The molecule has 8 heterocycles. The third kappa shape index (κ3) is 5.29. The number of hydrogen-bond acceptors (Lipinski definition) is 11. The number of thioether (sulfide) groups is 1. The Balaban J connectivity index is 1.12. The summed E-state index contributed by atoms with van der Waals surface area (Å²) in [5.74, 6) is 0.226. The Kier molecular flexibility index (Phi) is 8.47. The van der Waals surface area contributed by atoms with E-state index in [2.05, 4.69) is 27.7 Å². The van der Waals surface area contributed by atoms with Gasteiger partial charge in [0, 0.05) is 35.8 Å². The Morgan fingerprint density at radius 3 is 1.79 bits per heavy atom. The minimum Gasteiger partial charge on any atom is -0.451 e. The van der Waals surface area contributed by atoms with Crippen molar-refractivity contribution in [3.8, 4) is 0 Å². The summed E-state index contributed by atoms with van der Waals surface area (Å²) in [6.07, 6.45) is 5.79. The van der Waals surface area contributed by atoms with Gasteiger partial charge in [-0.3, -0.25) is 0 Å². The van der Waals surface area contributed by atoms with Crippen molar-refractivity contribution in [1.82, 2.24) is 0 Å². The fourth-order valence-electron chi connectivity index (χ4n) is 11.5. The average molecular weight is 695 g/mol. The molecule has 0 amide bonds. The van der Waals surface area contributed by atoms with E-state index in [1.807, 2.05) is 34.6 Å². The standard InChI is InChI=1S/C37H58O10S/c1-19-10-12-25-21(3)27(39-30-36(25)23(19)14-16-34(8,42-30)44-46-36)18-28(40-32(38)48-33(5,6)7)29-22(4)26-13-11-20(2)24-15-17-35(9)43-31(41-29)37(24,26)47-45-35/h19-31H,10-18H2,1-9H3/t19-,20-,21-,22-,23+,24+,25+,26+,27-,28+,29+,30-,31-,34-,35-,36-,37-/m1/s1. The van der Waals surface area contributed by atoms with E-state index in [-0.39, 0.29) is 51.7 Å². The number of fused-ring (bicyclic) bond motifs is 4. The van der Waals surface area contributed by atoms with Crippen LogP contribution in [0, 0.1) is 47.3 Å². The lowest BCUT2D eigenvalue weighted by molar-refractivity contribution is -0.573. The summed E-state index contributed by atoms with van der Waals surface area (Å²) in [5, 5.41) is -0.297. The topological polar surface area (TPSA) is 100 Å². The molecule has 0 aromatic carbocycles. The van der Waals surface area contributed by atoms with E-state index in [4.69, 9.17) is 43.2 Å². The summed E-state index contributed by atoms with van der Waals surface area (Å²) in [6, 6.07) is 0. The Hall–Kier alpha value is -0.500. The molecule has 8 saturated heterocycles. The van der Waals surface area contributed by atoms with Gasteiger partial charge in [-0.2, -0.15) is 0 Å². The van der Waals surface area contributed by atoms with Gasteiger partial charge in [-0.25, -0.2) is 24.3 Å².